The van der Waals surface area contributed by atoms with Gasteiger partial charge >= 0.3 is 19.8 Å². The molecule has 1 aromatic heterocycles. The fourth-order valence-corrected chi connectivity index (χ4v) is 2.63. The Labute approximate surface area is 136 Å². The van der Waals surface area contributed by atoms with E-state index in [0.29, 0.717) is 11.0 Å². The van der Waals surface area contributed by atoms with Crippen molar-refractivity contribution in [3.8, 4) is 0 Å². The molecule has 0 aliphatic rings. The van der Waals surface area contributed by atoms with E-state index in [-0.39, 0.29) is 11.3 Å². The minimum absolute atomic E-state index is 0.0477. The molecule has 7 nitrogen and oxygen atoms in total. The van der Waals surface area contributed by atoms with Crippen LogP contribution in [0.25, 0.3) is 11.0 Å². The quantitative estimate of drug-likeness (QED) is 0.721. The largest absolute Gasteiger partial charge is 0.589 e. The Bertz CT molecular complexity index is 912. The van der Waals surface area contributed by atoms with E-state index in [1.807, 2.05) is 0 Å². The van der Waals surface area contributed by atoms with Gasteiger partial charge in [0.1, 0.15) is 5.58 Å². The van der Waals surface area contributed by atoms with Crippen LogP contribution in [0.2, 0.25) is 0 Å². The van der Waals surface area contributed by atoms with Gasteiger partial charge in [-0.1, -0.05) is 36.4 Å². The smallest absolute Gasteiger partial charge is 0.449 e. The molecule has 122 valence electrons. The summed E-state index contributed by atoms with van der Waals surface area (Å²) in [5.41, 5.74) is 0.463. The molecule has 3 rings (SSSR count). The molecule has 0 aliphatic heterocycles. The fraction of sp³-hybridized carbons (Fsp3) is 0. The summed E-state index contributed by atoms with van der Waals surface area (Å²) in [5.74, 6) is -2.57. The monoisotopic (exact) mass is 346 g/mol. The average molecular weight is 346 g/mol. The number of rotatable bonds is 4. The minimum Gasteiger partial charge on any atom is -0.449 e. The van der Waals surface area contributed by atoms with Crippen molar-refractivity contribution in [1.29, 1.82) is 0 Å². The van der Waals surface area contributed by atoms with Crippen LogP contribution < -0.4 is 0 Å². The number of hydrogen-bond acceptors (Lipinski definition) is 6. The molecule has 1 heterocycles. The van der Waals surface area contributed by atoms with Crippen LogP contribution in [0.15, 0.2) is 65.1 Å². The summed E-state index contributed by atoms with van der Waals surface area (Å²) in [6.45, 7) is 0. The summed E-state index contributed by atoms with van der Waals surface area (Å²) in [6.07, 6.45) is 0. The summed E-state index contributed by atoms with van der Waals surface area (Å²) in [7, 11) is -4.94. The number of furan rings is 1. The van der Waals surface area contributed by atoms with E-state index in [1.165, 1.54) is 18.2 Å². The van der Waals surface area contributed by atoms with Crippen LogP contribution in [-0.4, -0.2) is 16.8 Å². The first kappa shape index (κ1) is 16.0. The van der Waals surface area contributed by atoms with Gasteiger partial charge in [-0.3, -0.25) is 4.89 Å². The molecule has 0 saturated heterocycles. The zero-order valence-corrected chi connectivity index (χ0v) is 13.0. The predicted octanol–water partition coefficient (Wildman–Crippen LogP) is 3.55. The van der Waals surface area contributed by atoms with Crippen LogP contribution in [0.1, 0.15) is 20.9 Å². The number of benzene rings is 2. The molecule has 0 bridgehead atoms. The van der Waals surface area contributed by atoms with E-state index >= 15 is 0 Å². The number of hydrogen-bond donors (Lipinski definition) is 1. The highest BCUT2D eigenvalue weighted by Gasteiger charge is 2.33. The topological polar surface area (TPSA) is 103 Å². The summed E-state index contributed by atoms with van der Waals surface area (Å²) >= 11 is 0. The molecule has 0 fully saturated rings. The maximum atomic E-state index is 11.9. The Morgan fingerprint density at radius 2 is 1.54 bits per heavy atom. The van der Waals surface area contributed by atoms with Crippen molar-refractivity contribution in [1.82, 2.24) is 0 Å². The van der Waals surface area contributed by atoms with Crippen LogP contribution in [0.4, 0.5) is 0 Å². The van der Waals surface area contributed by atoms with Crippen molar-refractivity contribution in [2.75, 3.05) is 0 Å². The lowest BCUT2D eigenvalue weighted by atomic mass is 10.2. The molecule has 0 amide bonds. The second kappa shape index (κ2) is 6.31. The van der Waals surface area contributed by atoms with Gasteiger partial charge in [0.25, 0.3) is 0 Å². The number of phosphoric acid groups is 1. The lowest BCUT2D eigenvalue weighted by Crippen LogP contribution is -2.08. The fourth-order valence-electron chi connectivity index (χ4n) is 1.98. The lowest BCUT2D eigenvalue weighted by molar-refractivity contribution is 0.0547. The van der Waals surface area contributed by atoms with Gasteiger partial charge < -0.3 is 13.5 Å². The van der Waals surface area contributed by atoms with Gasteiger partial charge in [0.05, 0.1) is 5.56 Å². The van der Waals surface area contributed by atoms with Gasteiger partial charge in [-0.05, 0) is 24.3 Å². The van der Waals surface area contributed by atoms with Gasteiger partial charge in [-0.2, -0.15) is 0 Å². The van der Waals surface area contributed by atoms with Gasteiger partial charge in [0.15, 0.2) is 0 Å². The SMILES string of the molecule is O=C(OP(=O)(O)OC(=O)c1cc2ccccc2o1)c1ccccc1. The van der Waals surface area contributed by atoms with Crippen molar-refractivity contribution in [2.45, 2.75) is 0 Å². The van der Waals surface area contributed by atoms with Crippen molar-refractivity contribution in [3.63, 3.8) is 0 Å². The third-order valence-electron chi connectivity index (χ3n) is 3.03. The minimum atomic E-state index is -4.94. The van der Waals surface area contributed by atoms with E-state index < -0.39 is 19.8 Å². The molecule has 8 heteroatoms. The molecule has 1 atom stereocenters. The maximum absolute atomic E-state index is 11.9. The van der Waals surface area contributed by atoms with E-state index in [0.717, 1.165) is 0 Å². The molecule has 0 radical (unpaired) electrons. The summed E-state index contributed by atoms with van der Waals surface area (Å²) in [5, 5.41) is 0.624. The van der Waals surface area contributed by atoms with E-state index in [1.54, 1.807) is 42.5 Å². The molecule has 0 spiro atoms. The Morgan fingerprint density at radius 1 is 0.917 bits per heavy atom. The van der Waals surface area contributed by atoms with Gasteiger partial charge in [-0.15, -0.1) is 0 Å². The van der Waals surface area contributed by atoms with Gasteiger partial charge in [0, 0.05) is 5.39 Å². The number of para-hydroxylation sites is 1. The second-order valence-corrected chi connectivity index (χ2v) is 6.04. The van der Waals surface area contributed by atoms with Crippen molar-refractivity contribution in [3.05, 3.63) is 72.0 Å². The molecular formula is C16H11O7P. The Balaban J connectivity index is 1.72. The van der Waals surface area contributed by atoms with Crippen LogP contribution in [0, 0.1) is 0 Å². The summed E-state index contributed by atoms with van der Waals surface area (Å²) in [6, 6.07) is 15.7. The Hall–Kier alpha value is -2.89. The van der Waals surface area contributed by atoms with Crippen molar-refractivity contribution < 1.29 is 32.5 Å². The normalized spacial score (nSPS) is 13.2. The highest BCUT2D eigenvalue weighted by Crippen LogP contribution is 2.45. The maximum Gasteiger partial charge on any atom is 0.589 e. The molecule has 0 aliphatic carbocycles. The van der Waals surface area contributed by atoms with Crippen molar-refractivity contribution in [2.24, 2.45) is 0 Å². The molecular weight excluding hydrogens is 335 g/mol. The average Bonchev–Trinajstić information content (AvgIpc) is 2.99. The van der Waals surface area contributed by atoms with Gasteiger partial charge in [0.2, 0.25) is 5.76 Å². The lowest BCUT2D eigenvalue weighted by Gasteiger charge is -2.10. The Kier molecular flexibility index (Phi) is 4.20. The van der Waals surface area contributed by atoms with Crippen LogP contribution in [0.5, 0.6) is 0 Å². The molecule has 24 heavy (non-hydrogen) atoms. The molecule has 1 N–H and O–H groups in total. The first-order chi connectivity index (χ1) is 11.4. The highest BCUT2D eigenvalue weighted by atomic mass is 31.2. The van der Waals surface area contributed by atoms with Crippen molar-refractivity contribution >= 4 is 30.7 Å². The first-order valence-corrected chi connectivity index (χ1v) is 8.28. The zero-order valence-electron chi connectivity index (χ0n) is 12.1. The van der Waals surface area contributed by atoms with E-state index in [2.05, 4.69) is 9.05 Å². The number of carbonyl (C=O) groups is 2. The van der Waals surface area contributed by atoms with Crippen LogP contribution in [-0.2, 0) is 13.6 Å². The third kappa shape index (κ3) is 3.53. The van der Waals surface area contributed by atoms with Crippen LogP contribution in [0.3, 0.4) is 0 Å². The highest BCUT2D eigenvalue weighted by molar-refractivity contribution is 7.48. The first-order valence-electron chi connectivity index (χ1n) is 6.79. The van der Waals surface area contributed by atoms with Crippen LogP contribution >= 0.6 is 7.82 Å². The number of fused-ring (bicyclic) bond motifs is 1. The molecule has 2 aromatic carbocycles. The third-order valence-corrected chi connectivity index (χ3v) is 3.83. The number of phosphoric ester groups is 1. The zero-order chi connectivity index (χ0) is 17.2. The van der Waals surface area contributed by atoms with E-state index in [9.17, 15) is 19.0 Å². The molecule has 0 saturated carbocycles. The Morgan fingerprint density at radius 3 is 2.25 bits per heavy atom. The molecule has 1 unspecified atom stereocenters. The predicted molar refractivity (Wildman–Crippen MR) is 83.3 cm³/mol. The van der Waals surface area contributed by atoms with Gasteiger partial charge in [-0.25, -0.2) is 14.2 Å². The number of carbonyl (C=O) groups excluding carboxylic acids is 2. The second-order valence-electron chi connectivity index (χ2n) is 4.74. The summed E-state index contributed by atoms with van der Waals surface area (Å²) < 4.78 is 25.8. The standard InChI is InChI=1S/C16H11O7P/c17-15(11-6-2-1-3-7-11)22-24(19,20)23-16(18)14-10-12-8-4-5-9-13(12)21-14/h1-10H,(H,19,20). The summed E-state index contributed by atoms with van der Waals surface area (Å²) in [4.78, 5) is 33.2. The molecule has 3 aromatic rings. The van der Waals surface area contributed by atoms with E-state index in [4.69, 9.17) is 4.42 Å².